The Morgan fingerprint density at radius 2 is 2.07 bits per heavy atom. The standard InChI is InChI=1S/C21H22N2O4/c24-21-23(13-18(26-21)12-22-11-16-7-3-1-4-8-16)20-15-25-14-19(27-20)17-9-5-2-6-10-17/h1-5,7-9,14-15,18,22H,6,10-13H2/t18-/m1/s1. The number of amides is 1. The minimum absolute atomic E-state index is 0.239. The van der Waals surface area contributed by atoms with Crippen molar-refractivity contribution in [2.75, 3.05) is 13.1 Å². The minimum Gasteiger partial charge on any atom is -0.463 e. The molecule has 2 heterocycles. The fourth-order valence-electron chi connectivity index (χ4n) is 3.16. The lowest BCUT2D eigenvalue weighted by Gasteiger charge is -2.23. The molecule has 0 bridgehead atoms. The van der Waals surface area contributed by atoms with Gasteiger partial charge in [-0.05, 0) is 24.0 Å². The maximum atomic E-state index is 12.3. The molecular formula is C21H22N2O4. The first-order valence-corrected chi connectivity index (χ1v) is 9.12. The number of rotatable bonds is 6. The van der Waals surface area contributed by atoms with Crippen LogP contribution in [0.25, 0.3) is 0 Å². The second-order valence-electron chi connectivity index (χ2n) is 6.57. The van der Waals surface area contributed by atoms with Crippen LogP contribution in [-0.4, -0.2) is 30.2 Å². The number of carbonyl (C=O) groups is 1. The van der Waals surface area contributed by atoms with E-state index in [1.807, 2.05) is 30.4 Å². The zero-order chi connectivity index (χ0) is 18.5. The predicted octanol–water partition coefficient (Wildman–Crippen LogP) is 3.56. The van der Waals surface area contributed by atoms with Gasteiger partial charge in [0, 0.05) is 13.1 Å². The Hall–Kier alpha value is -2.99. The van der Waals surface area contributed by atoms with Gasteiger partial charge in [-0.2, -0.15) is 0 Å². The monoisotopic (exact) mass is 366 g/mol. The smallest absolute Gasteiger partial charge is 0.417 e. The highest BCUT2D eigenvalue weighted by Gasteiger charge is 2.36. The highest BCUT2D eigenvalue weighted by Crippen LogP contribution is 2.29. The number of hydrogen-bond donors (Lipinski definition) is 1. The van der Waals surface area contributed by atoms with Crippen molar-refractivity contribution in [3.63, 3.8) is 0 Å². The van der Waals surface area contributed by atoms with Crippen LogP contribution >= 0.6 is 0 Å². The Kier molecular flexibility index (Phi) is 5.25. The van der Waals surface area contributed by atoms with Gasteiger partial charge in [-0.25, -0.2) is 9.69 Å². The minimum atomic E-state index is -0.421. The van der Waals surface area contributed by atoms with E-state index in [2.05, 4.69) is 23.5 Å². The largest absolute Gasteiger partial charge is 0.463 e. The van der Waals surface area contributed by atoms with E-state index in [1.165, 1.54) is 16.7 Å². The van der Waals surface area contributed by atoms with Crippen LogP contribution in [0.15, 0.2) is 78.3 Å². The molecule has 4 rings (SSSR count). The van der Waals surface area contributed by atoms with E-state index in [9.17, 15) is 4.79 Å². The van der Waals surface area contributed by atoms with Crippen LogP contribution in [0.1, 0.15) is 18.4 Å². The molecular weight excluding hydrogens is 344 g/mol. The van der Waals surface area contributed by atoms with Crippen LogP contribution in [0.3, 0.4) is 0 Å². The van der Waals surface area contributed by atoms with E-state index >= 15 is 0 Å². The molecule has 140 valence electrons. The van der Waals surface area contributed by atoms with Gasteiger partial charge in [-0.1, -0.05) is 48.6 Å². The first-order chi connectivity index (χ1) is 13.3. The maximum absolute atomic E-state index is 12.3. The lowest BCUT2D eigenvalue weighted by Crippen LogP contribution is -2.31. The molecule has 6 heteroatoms. The van der Waals surface area contributed by atoms with Crippen molar-refractivity contribution in [3.05, 3.63) is 83.9 Å². The van der Waals surface area contributed by atoms with Crippen molar-refractivity contribution in [1.82, 2.24) is 10.2 Å². The van der Waals surface area contributed by atoms with Crippen molar-refractivity contribution in [2.45, 2.75) is 25.5 Å². The Labute approximate surface area is 158 Å². The first-order valence-electron chi connectivity index (χ1n) is 9.12. The van der Waals surface area contributed by atoms with Gasteiger partial charge in [-0.15, -0.1) is 0 Å². The van der Waals surface area contributed by atoms with Gasteiger partial charge in [0.05, 0.1) is 6.54 Å². The third kappa shape index (κ3) is 4.23. The summed E-state index contributed by atoms with van der Waals surface area (Å²) in [7, 11) is 0. The average Bonchev–Trinajstić information content (AvgIpc) is 3.10. The Morgan fingerprint density at radius 3 is 2.89 bits per heavy atom. The Morgan fingerprint density at radius 1 is 1.19 bits per heavy atom. The quantitative estimate of drug-likeness (QED) is 0.834. The molecule has 1 aliphatic carbocycles. The number of nitrogens with one attached hydrogen (secondary N) is 1. The SMILES string of the molecule is O=C1O[C@H](CNCc2ccccc2)CN1C1=COC=C(C2=CC=CCC2)O1. The second-order valence-corrected chi connectivity index (χ2v) is 6.57. The number of allylic oxidation sites excluding steroid dienone is 4. The van der Waals surface area contributed by atoms with Gasteiger partial charge in [0.25, 0.3) is 0 Å². The number of benzene rings is 1. The van der Waals surface area contributed by atoms with Gasteiger partial charge >= 0.3 is 6.09 Å². The van der Waals surface area contributed by atoms with Crippen molar-refractivity contribution in [2.24, 2.45) is 0 Å². The molecule has 0 unspecified atom stereocenters. The van der Waals surface area contributed by atoms with E-state index in [4.69, 9.17) is 14.2 Å². The van der Waals surface area contributed by atoms with Gasteiger partial charge in [0.2, 0.25) is 5.88 Å². The van der Waals surface area contributed by atoms with Crippen LogP contribution in [-0.2, 0) is 20.8 Å². The molecule has 0 spiro atoms. The number of hydrogen-bond acceptors (Lipinski definition) is 5. The molecule has 1 atom stereocenters. The number of nitrogens with zero attached hydrogens (tertiary/aromatic N) is 1. The van der Waals surface area contributed by atoms with Crippen LogP contribution in [0, 0.1) is 0 Å². The normalized spacial score (nSPS) is 21.6. The zero-order valence-corrected chi connectivity index (χ0v) is 15.0. The maximum Gasteiger partial charge on any atom is 0.417 e. The molecule has 1 saturated heterocycles. The lowest BCUT2D eigenvalue weighted by molar-refractivity contribution is 0.118. The summed E-state index contributed by atoms with van der Waals surface area (Å²) in [5.41, 5.74) is 2.24. The molecule has 6 nitrogen and oxygen atoms in total. The molecule has 1 amide bonds. The van der Waals surface area contributed by atoms with Crippen LogP contribution in [0.2, 0.25) is 0 Å². The summed E-state index contributed by atoms with van der Waals surface area (Å²) < 4.78 is 16.8. The molecule has 1 fully saturated rings. The van der Waals surface area contributed by atoms with E-state index in [1.54, 1.807) is 6.26 Å². The highest BCUT2D eigenvalue weighted by atomic mass is 16.6. The van der Waals surface area contributed by atoms with E-state index in [0.29, 0.717) is 24.7 Å². The van der Waals surface area contributed by atoms with Crippen molar-refractivity contribution >= 4 is 6.09 Å². The number of cyclic esters (lactones) is 1. The summed E-state index contributed by atoms with van der Waals surface area (Å²) in [6, 6.07) is 10.1. The molecule has 1 N–H and O–H groups in total. The van der Waals surface area contributed by atoms with Crippen molar-refractivity contribution in [3.8, 4) is 0 Å². The summed E-state index contributed by atoms with van der Waals surface area (Å²) in [6.45, 7) is 1.72. The van der Waals surface area contributed by atoms with Gasteiger partial charge in [-0.3, -0.25) is 0 Å². The molecule has 0 radical (unpaired) electrons. The van der Waals surface area contributed by atoms with Crippen LogP contribution < -0.4 is 5.32 Å². The Balaban J connectivity index is 1.30. The van der Waals surface area contributed by atoms with E-state index in [-0.39, 0.29) is 6.10 Å². The molecule has 2 aliphatic heterocycles. The average molecular weight is 366 g/mol. The van der Waals surface area contributed by atoms with Gasteiger partial charge < -0.3 is 19.5 Å². The Bertz CT molecular complexity index is 811. The summed E-state index contributed by atoms with van der Waals surface area (Å²) in [5.74, 6) is 0.994. The molecule has 3 aliphatic rings. The predicted molar refractivity (Wildman–Crippen MR) is 99.9 cm³/mol. The van der Waals surface area contributed by atoms with E-state index < -0.39 is 6.09 Å². The fraction of sp³-hybridized carbons (Fsp3) is 0.286. The molecule has 1 aromatic rings. The highest BCUT2D eigenvalue weighted by molar-refractivity contribution is 5.72. The van der Waals surface area contributed by atoms with Gasteiger partial charge in [0.15, 0.2) is 12.0 Å². The third-order valence-corrected chi connectivity index (χ3v) is 4.57. The van der Waals surface area contributed by atoms with Gasteiger partial charge in [0.1, 0.15) is 12.4 Å². The van der Waals surface area contributed by atoms with Crippen LogP contribution in [0.4, 0.5) is 4.79 Å². The molecule has 27 heavy (non-hydrogen) atoms. The first kappa shape index (κ1) is 17.4. The molecule has 0 aromatic heterocycles. The third-order valence-electron chi connectivity index (χ3n) is 4.57. The van der Waals surface area contributed by atoms with Crippen molar-refractivity contribution in [1.29, 1.82) is 0 Å². The lowest BCUT2D eigenvalue weighted by atomic mass is 10.0. The summed E-state index contributed by atoms with van der Waals surface area (Å²) in [5, 5.41) is 3.32. The van der Waals surface area contributed by atoms with Crippen molar-refractivity contribution < 1.29 is 19.0 Å². The summed E-state index contributed by atoms with van der Waals surface area (Å²) in [6.07, 6.45) is 10.3. The van der Waals surface area contributed by atoms with Crippen LogP contribution in [0.5, 0.6) is 0 Å². The van der Waals surface area contributed by atoms with E-state index in [0.717, 1.165) is 25.0 Å². The number of carbonyl (C=O) groups excluding carboxylic acids is 1. The number of ether oxygens (including phenoxy) is 3. The topological polar surface area (TPSA) is 60.0 Å². The second kappa shape index (κ2) is 8.14. The zero-order valence-electron chi connectivity index (χ0n) is 15.0. The summed E-state index contributed by atoms with van der Waals surface area (Å²) in [4.78, 5) is 13.7. The molecule has 0 saturated carbocycles. The summed E-state index contributed by atoms with van der Waals surface area (Å²) >= 11 is 0. The molecule has 1 aromatic carbocycles. The fourth-order valence-corrected chi connectivity index (χ4v) is 3.16.